The molecule has 1 saturated carbocycles. The Hall–Kier alpha value is -0.120. The first-order valence-corrected chi connectivity index (χ1v) is 7.76. The topological polar surface area (TPSA) is 24.5 Å². The molecule has 0 aromatic heterocycles. The maximum atomic E-state index is 6.29. The van der Waals surface area contributed by atoms with Gasteiger partial charge in [-0.1, -0.05) is 0 Å². The zero-order valence-electron chi connectivity index (χ0n) is 12.2. The van der Waals surface area contributed by atoms with E-state index in [1.807, 2.05) is 0 Å². The van der Waals surface area contributed by atoms with Gasteiger partial charge in [0.05, 0.1) is 12.2 Å². The fourth-order valence-corrected chi connectivity index (χ4v) is 3.30. The fourth-order valence-electron chi connectivity index (χ4n) is 3.30. The molecule has 0 atom stereocenters. The summed E-state index contributed by atoms with van der Waals surface area (Å²) in [6.45, 7) is 3.59. The van der Waals surface area contributed by atoms with Crippen molar-refractivity contribution in [2.45, 2.75) is 57.2 Å². The summed E-state index contributed by atoms with van der Waals surface area (Å²) >= 11 is 0. The van der Waals surface area contributed by atoms with Crippen LogP contribution in [0.4, 0.5) is 0 Å². The summed E-state index contributed by atoms with van der Waals surface area (Å²) in [4.78, 5) is 2.41. The smallest absolute Gasteiger partial charge is 0.0603 e. The van der Waals surface area contributed by atoms with Crippen LogP contribution in [-0.2, 0) is 4.74 Å². The lowest BCUT2D eigenvalue weighted by atomic mass is 9.85. The van der Waals surface area contributed by atoms with Crippen LogP contribution in [0.3, 0.4) is 0 Å². The molecule has 1 N–H and O–H groups in total. The molecule has 0 aromatic rings. The fraction of sp³-hybridized carbons (Fsp3) is 1.00. The SMILES string of the molecule is CNCC[C@H]1CC[C@H](OC2CCN(C)CC2)CC1. The number of hydrogen-bond donors (Lipinski definition) is 1. The van der Waals surface area contributed by atoms with Gasteiger partial charge in [0.1, 0.15) is 0 Å². The molecule has 2 fully saturated rings. The Kier molecular flexibility index (Phi) is 5.93. The van der Waals surface area contributed by atoms with E-state index in [-0.39, 0.29) is 0 Å². The monoisotopic (exact) mass is 254 g/mol. The molecule has 0 bridgehead atoms. The van der Waals surface area contributed by atoms with Crippen LogP contribution >= 0.6 is 0 Å². The first-order valence-electron chi connectivity index (χ1n) is 7.76. The molecular formula is C15H30N2O. The second-order valence-corrected chi connectivity index (χ2v) is 6.17. The zero-order valence-corrected chi connectivity index (χ0v) is 12.2. The molecule has 0 radical (unpaired) electrons. The van der Waals surface area contributed by atoms with Crippen molar-refractivity contribution in [2.75, 3.05) is 33.7 Å². The van der Waals surface area contributed by atoms with Crippen LogP contribution in [0.25, 0.3) is 0 Å². The highest BCUT2D eigenvalue weighted by Crippen LogP contribution is 2.30. The number of ether oxygens (including phenoxy) is 1. The van der Waals surface area contributed by atoms with E-state index < -0.39 is 0 Å². The lowest BCUT2D eigenvalue weighted by molar-refractivity contribution is -0.0588. The van der Waals surface area contributed by atoms with Gasteiger partial charge in [-0.15, -0.1) is 0 Å². The summed E-state index contributed by atoms with van der Waals surface area (Å²) in [7, 11) is 4.26. The van der Waals surface area contributed by atoms with Gasteiger partial charge in [-0.05, 0) is 71.5 Å². The minimum absolute atomic E-state index is 0.542. The molecule has 3 heteroatoms. The highest BCUT2D eigenvalue weighted by Gasteiger charge is 2.25. The molecule has 0 unspecified atom stereocenters. The van der Waals surface area contributed by atoms with Gasteiger partial charge in [-0.2, -0.15) is 0 Å². The predicted octanol–water partition coefficient (Wildman–Crippen LogP) is 2.27. The number of nitrogens with zero attached hydrogens (tertiary/aromatic N) is 1. The van der Waals surface area contributed by atoms with Crippen LogP contribution < -0.4 is 5.32 Å². The van der Waals surface area contributed by atoms with Crippen LogP contribution in [0.2, 0.25) is 0 Å². The first kappa shape index (κ1) is 14.3. The van der Waals surface area contributed by atoms with Crippen LogP contribution in [0.1, 0.15) is 44.9 Å². The summed E-state index contributed by atoms with van der Waals surface area (Å²) in [6, 6.07) is 0. The molecule has 106 valence electrons. The molecule has 3 nitrogen and oxygen atoms in total. The average molecular weight is 254 g/mol. The molecule has 2 rings (SSSR count). The van der Waals surface area contributed by atoms with Crippen molar-refractivity contribution in [1.82, 2.24) is 10.2 Å². The number of piperidine rings is 1. The Labute approximate surface area is 112 Å². The van der Waals surface area contributed by atoms with Gasteiger partial charge in [0.15, 0.2) is 0 Å². The molecular weight excluding hydrogens is 224 g/mol. The average Bonchev–Trinajstić information content (AvgIpc) is 2.41. The van der Waals surface area contributed by atoms with E-state index in [1.165, 1.54) is 64.6 Å². The third-order valence-corrected chi connectivity index (χ3v) is 4.65. The molecule has 0 amide bonds. The highest BCUT2D eigenvalue weighted by molar-refractivity contribution is 4.77. The van der Waals surface area contributed by atoms with Gasteiger partial charge in [0.2, 0.25) is 0 Å². The van der Waals surface area contributed by atoms with Gasteiger partial charge in [-0.25, -0.2) is 0 Å². The van der Waals surface area contributed by atoms with Crippen LogP contribution in [0, 0.1) is 5.92 Å². The van der Waals surface area contributed by atoms with Crippen LogP contribution in [-0.4, -0.2) is 50.8 Å². The molecule has 1 aliphatic heterocycles. The van der Waals surface area contributed by atoms with Crippen molar-refractivity contribution in [1.29, 1.82) is 0 Å². The van der Waals surface area contributed by atoms with Crippen LogP contribution in [0.5, 0.6) is 0 Å². The lowest BCUT2D eigenvalue weighted by Gasteiger charge is -2.35. The van der Waals surface area contributed by atoms with Crippen LogP contribution in [0.15, 0.2) is 0 Å². The summed E-state index contributed by atoms with van der Waals surface area (Å²) < 4.78 is 6.29. The summed E-state index contributed by atoms with van der Waals surface area (Å²) in [5, 5.41) is 3.26. The maximum Gasteiger partial charge on any atom is 0.0603 e. The second kappa shape index (κ2) is 7.46. The van der Waals surface area contributed by atoms with E-state index in [2.05, 4.69) is 24.3 Å². The molecule has 0 aromatic carbocycles. The standard InChI is InChI=1S/C15H30N2O/c1-16-10-7-13-3-5-14(6-4-13)18-15-8-11-17(2)12-9-15/h13-16H,3-12H2,1-2H3/t13-,14-. The van der Waals surface area contributed by atoms with Crippen molar-refractivity contribution < 1.29 is 4.74 Å². The summed E-state index contributed by atoms with van der Waals surface area (Å²) in [5.74, 6) is 0.940. The van der Waals surface area contributed by atoms with Crippen molar-refractivity contribution in [3.63, 3.8) is 0 Å². The lowest BCUT2D eigenvalue weighted by Crippen LogP contribution is -2.37. The molecule has 1 saturated heterocycles. The summed E-state index contributed by atoms with van der Waals surface area (Å²) in [5.41, 5.74) is 0. The Bertz CT molecular complexity index is 219. The van der Waals surface area contributed by atoms with Gasteiger partial charge in [0, 0.05) is 13.1 Å². The number of hydrogen-bond acceptors (Lipinski definition) is 3. The van der Waals surface area contributed by atoms with E-state index in [0.717, 1.165) is 5.92 Å². The number of nitrogens with one attached hydrogen (secondary N) is 1. The molecule has 0 spiro atoms. The zero-order chi connectivity index (χ0) is 12.8. The minimum atomic E-state index is 0.542. The quantitative estimate of drug-likeness (QED) is 0.814. The first-order chi connectivity index (χ1) is 8.78. The van der Waals surface area contributed by atoms with E-state index in [4.69, 9.17) is 4.74 Å². The number of likely N-dealkylation sites (tertiary alicyclic amines) is 1. The van der Waals surface area contributed by atoms with Gasteiger partial charge in [-0.3, -0.25) is 0 Å². The minimum Gasteiger partial charge on any atom is -0.375 e. The Morgan fingerprint density at radius 2 is 1.61 bits per heavy atom. The Morgan fingerprint density at radius 3 is 2.22 bits per heavy atom. The van der Waals surface area contributed by atoms with E-state index >= 15 is 0 Å². The molecule has 1 aliphatic carbocycles. The predicted molar refractivity (Wildman–Crippen MR) is 75.9 cm³/mol. The highest BCUT2D eigenvalue weighted by atomic mass is 16.5. The summed E-state index contributed by atoms with van der Waals surface area (Å²) in [6.07, 6.45) is 10.2. The van der Waals surface area contributed by atoms with Gasteiger partial charge in [0.25, 0.3) is 0 Å². The van der Waals surface area contributed by atoms with Crippen molar-refractivity contribution in [3.8, 4) is 0 Å². The van der Waals surface area contributed by atoms with Gasteiger partial charge < -0.3 is 15.0 Å². The largest absolute Gasteiger partial charge is 0.375 e. The Balaban J connectivity index is 1.61. The third-order valence-electron chi connectivity index (χ3n) is 4.65. The normalized spacial score (nSPS) is 31.7. The number of rotatable bonds is 5. The molecule has 1 heterocycles. The molecule has 2 aliphatic rings. The van der Waals surface area contributed by atoms with Crippen molar-refractivity contribution in [2.24, 2.45) is 5.92 Å². The second-order valence-electron chi connectivity index (χ2n) is 6.17. The van der Waals surface area contributed by atoms with Gasteiger partial charge >= 0.3 is 0 Å². The Morgan fingerprint density at radius 1 is 1.00 bits per heavy atom. The van der Waals surface area contributed by atoms with E-state index in [9.17, 15) is 0 Å². The molecule has 18 heavy (non-hydrogen) atoms. The van der Waals surface area contributed by atoms with E-state index in [0.29, 0.717) is 12.2 Å². The van der Waals surface area contributed by atoms with E-state index in [1.54, 1.807) is 0 Å². The third kappa shape index (κ3) is 4.52. The van der Waals surface area contributed by atoms with Crippen molar-refractivity contribution in [3.05, 3.63) is 0 Å². The van der Waals surface area contributed by atoms with Crippen molar-refractivity contribution >= 4 is 0 Å². The maximum absolute atomic E-state index is 6.29.